The molecule has 2 aromatic carbocycles. The van der Waals surface area contributed by atoms with Crippen LogP contribution in [0.25, 0.3) is 11.5 Å². The predicted octanol–water partition coefficient (Wildman–Crippen LogP) is 4.18. The van der Waals surface area contributed by atoms with Crippen molar-refractivity contribution in [2.24, 2.45) is 0 Å². The lowest BCUT2D eigenvalue weighted by atomic mass is 10.1. The zero-order chi connectivity index (χ0) is 17.9. The monoisotopic (exact) mass is 349 g/mol. The second kappa shape index (κ2) is 7.40. The maximum absolute atomic E-state index is 5.98. The van der Waals surface area contributed by atoms with Crippen LogP contribution in [0.4, 0.5) is 0 Å². The Morgan fingerprint density at radius 1 is 1.08 bits per heavy atom. The van der Waals surface area contributed by atoms with Crippen LogP contribution in [0.3, 0.4) is 0 Å². The molecule has 0 bridgehead atoms. The molecule has 0 N–H and O–H groups in total. The van der Waals surface area contributed by atoms with Crippen LogP contribution >= 0.6 is 0 Å². The highest BCUT2D eigenvalue weighted by Gasteiger charge is 2.28. The third kappa shape index (κ3) is 3.54. The molecule has 0 radical (unpaired) electrons. The highest BCUT2D eigenvalue weighted by atomic mass is 16.5. The van der Waals surface area contributed by atoms with Gasteiger partial charge in [0.15, 0.2) is 0 Å². The van der Waals surface area contributed by atoms with Crippen molar-refractivity contribution < 1.29 is 9.15 Å². The van der Waals surface area contributed by atoms with E-state index < -0.39 is 0 Å². The summed E-state index contributed by atoms with van der Waals surface area (Å²) in [6.07, 6.45) is 0.0755. The Bertz CT molecular complexity index is 862. The van der Waals surface area contributed by atoms with Gasteiger partial charge in [-0.05, 0) is 31.5 Å². The van der Waals surface area contributed by atoms with Crippen molar-refractivity contribution in [3.8, 4) is 11.5 Å². The van der Waals surface area contributed by atoms with Gasteiger partial charge in [0.05, 0.1) is 18.8 Å². The molecule has 134 valence electrons. The Kier molecular flexibility index (Phi) is 4.82. The fraction of sp³-hybridized carbons (Fsp3) is 0.333. The van der Waals surface area contributed by atoms with E-state index in [0.29, 0.717) is 18.4 Å². The second-order valence-electron chi connectivity index (χ2n) is 6.76. The molecule has 1 fully saturated rings. The molecule has 0 saturated carbocycles. The lowest BCUT2D eigenvalue weighted by molar-refractivity contribution is -0.0463. The minimum absolute atomic E-state index is 0.0520. The van der Waals surface area contributed by atoms with Gasteiger partial charge >= 0.3 is 0 Å². The fourth-order valence-electron chi connectivity index (χ4n) is 3.34. The SMILES string of the molecule is Cc1cccc(-c2nnc([C@H](C)N3CCO[C@@H](c4ccccc4)C3)o2)c1. The second-order valence-corrected chi connectivity index (χ2v) is 6.76. The minimum atomic E-state index is 0.0520. The van der Waals surface area contributed by atoms with Gasteiger partial charge in [0.1, 0.15) is 0 Å². The highest BCUT2D eigenvalue weighted by Crippen LogP contribution is 2.29. The van der Waals surface area contributed by atoms with Gasteiger partial charge in [0.2, 0.25) is 11.8 Å². The van der Waals surface area contributed by atoms with E-state index in [-0.39, 0.29) is 12.1 Å². The number of hydrogen-bond donors (Lipinski definition) is 0. The summed E-state index contributed by atoms with van der Waals surface area (Å²) in [6, 6.07) is 18.5. The van der Waals surface area contributed by atoms with Crippen molar-refractivity contribution in [1.82, 2.24) is 15.1 Å². The fourth-order valence-corrected chi connectivity index (χ4v) is 3.34. The van der Waals surface area contributed by atoms with Gasteiger partial charge in [-0.15, -0.1) is 10.2 Å². The average molecular weight is 349 g/mol. The number of morpholine rings is 1. The standard InChI is InChI=1S/C21H23N3O2/c1-15-7-6-10-18(13-15)21-23-22-20(26-21)16(2)24-11-12-25-19(14-24)17-8-4-3-5-9-17/h3-10,13,16,19H,11-12,14H2,1-2H3/t16-,19+/m0/s1. The summed E-state index contributed by atoms with van der Waals surface area (Å²) in [5, 5.41) is 8.54. The molecule has 3 aromatic rings. The number of rotatable bonds is 4. The third-order valence-electron chi connectivity index (χ3n) is 4.88. The van der Waals surface area contributed by atoms with Crippen molar-refractivity contribution >= 4 is 0 Å². The van der Waals surface area contributed by atoms with Crippen molar-refractivity contribution in [1.29, 1.82) is 0 Å². The minimum Gasteiger partial charge on any atom is -0.419 e. The Balaban J connectivity index is 1.50. The van der Waals surface area contributed by atoms with Crippen LogP contribution in [0, 0.1) is 6.92 Å². The van der Waals surface area contributed by atoms with Gasteiger partial charge in [0.25, 0.3) is 0 Å². The van der Waals surface area contributed by atoms with Crippen LogP contribution in [-0.2, 0) is 4.74 Å². The molecule has 1 saturated heterocycles. The van der Waals surface area contributed by atoms with E-state index in [4.69, 9.17) is 9.15 Å². The molecular formula is C21H23N3O2. The van der Waals surface area contributed by atoms with Gasteiger partial charge in [-0.25, -0.2) is 0 Å². The van der Waals surface area contributed by atoms with Crippen LogP contribution in [0.15, 0.2) is 59.0 Å². The van der Waals surface area contributed by atoms with Gasteiger partial charge in [-0.1, -0.05) is 48.0 Å². The molecule has 2 atom stereocenters. The zero-order valence-corrected chi connectivity index (χ0v) is 15.1. The molecule has 2 heterocycles. The van der Waals surface area contributed by atoms with Crippen LogP contribution in [0.1, 0.15) is 36.1 Å². The summed E-state index contributed by atoms with van der Waals surface area (Å²) in [7, 11) is 0. The molecule has 26 heavy (non-hydrogen) atoms. The van der Waals surface area contributed by atoms with Crippen LogP contribution < -0.4 is 0 Å². The lowest BCUT2D eigenvalue weighted by Crippen LogP contribution is -2.40. The Hall–Kier alpha value is -2.50. The molecule has 5 nitrogen and oxygen atoms in total. The van der Waals surface area contributed by atoms with Crippen molar-refractivity contribution in [2.75, 3.05) is 19.7 Å². The first-order valence-electron chi connectivity index (χ1n) is 9.02. The molecule has 1 aromatic heterocycles. The van der Waals surface area contributed by atoms with E-state index >= 15 is 0 Å². The van der Waals surface area contributed by atoms with Crippen molar-refractivity contribution in [3.05, 3.63) is 71.6 Å². The Morgan fingerprint density at radius 3 is 2.73 bits per heavy atom. The number of benzene rings is 2. The van der Waals surface area contributed by atoms with Crippen LogP contribution in [0.5, 0.6) is 0 Å². The first-order valence-corrected chi connectivity index (χ1v) is 9.02. The molecule has 1 aliphatic rings. The zero-order valence-electron chi connectivity index (χ0n) is 15.1. The molecule has 0 amide bonds. The van der Waals surface area contributed by atoms with Crippen LogP contribution in [-0.4, -0.2) is 34.8 Å². The van der Waals surface area contributed by atoms with Crippen molar-refractivity contribution in [2.45, 2.75) is 26.0 Å². The van der Waals surface area contributed by atoms with E-state index in [1.54, 1.807) is 0 Å². The lowest BCUT2D eigenvalue weighted by Gasteiger charge is -2.35. The maximum atomic E-state index is 5.98. The van der Waals surface area contributed by atoms with E-state index in [9.17, 15) is 0 Å². The quantitative estimate of drug-likeness (QED) is 0.707. The van der Waals surface area contributed by atoms with Gasteiger partial charge < -0.3 is 9.15 Å². The summed E-state index contributed by atoms with van der Waals surface area (Å²) < 4.78 is 11.9. The predicted molar refractivity (Wildman–Crippen MR) is 99.6 cm³/mol. The molecule has 0 aliphatic carbocycles. The van der Waals surface area contributed by atoms with Crippen LogP contribution in [0.2, 0.25) is 0 Å². The number of aryl methyl sites for hydroxylation is 1. The average Bonchev–Trinajstić information content (AvgIpc) is 3.18. The summed E-state index contributed by atoms with van der Waals surface area (Å²) in [5.74, 6) is 1.22. The smallest absolute Gasteiger partial charge is 0.247 e. The Labute approximate surface area is 153 Å². The third-order valence-corrected chi connectivity index (χ3v) is 4.88. The number of hydrogen-bond acceptors (Lipinski definition) is 5. The summed E-state index contributed by atoms with van der Waals surface area (Å²) in [4.78, 5) is 2.34. The summed E-state index contributed by atoms with van der Waals surface area (Å²) in [5.41, 5.74) is 3.34. The molecule has 5 heteroatoms. The molecule has 1 aliphatic heterocycles. The van der Waals surface area contributed by atoms with E-state index in [1.165, 1.54) is 11.1 Å². The van der Waals surface area contributed by atoms with E-state index in [2.05, 4.69) is 53.2 Å². The van der Waals surface area contributed by atoms with Gasteiger partial charge in [-0.2, -0.15) is 0 Å². The summed E-state index contributed by atoms with van der Waals surface area (Å²) in [6.45, 7) is 6.53. The molecule has 0 unspecified atom stereocenters. The number of aromatic nitrogens is 2. The van der Waals surface area contributed by atoms with Crippen molar-refractivity contribution in [3.63, 3.8) is 0 Å². The first-order chi connectivity index (χ1) is 12.7. The van der Waals surface area contributed by atoms with Gasteiger partial charge in [0, 0.05) is 18.7 Å². The number of nitrogens with zero attached hydrogens (tertiary/aromatic N) is 3. The number of ether oxygens (including phenoxy) is 1. The molecule has 0 spiro atoms. The summed E-state index contributed by atoms with van der Waals surface area (Å²) >= 11 is 0. The van der Waals surface area contributed by atoms with E-state index in [1.807, 2.05) is 30.3 Å². The topological polar surface area (TPSA) is 51.4 Å². The van der Waals surface area contributed by atoms with Gasteiger partial charge in [-0.3, -0.25) is 4.90 Å². The maximum Gasteiger partial charge on any atom is 0.247 e. The largest absolute Gasteiger partial charge is 0.419 e. The molecular weight excluding hydrogens is 326 g/mol. The first kappa shape index (κ1) is 16.9. The molecule has 4 rings (SSSR count). The normalized spacial score (nSPS) is 19.4. The highest BCUT2D eigenvalue weighted by molar-refractivity contribution is 5.53. The Morgan fingerprint density at radius 2 is 1.92 bits per heavy atom. The van der Waals surface area contributed by atoms with E-state index in [0.717, 1.165) is 18.7 Å².